The van der Waals surface area contributed by atoms with Gasteiger partial charge in [-0.2, -0.15) is 4.98 Å². The smallest absolute Gasteiger partial charge is 0.256 e. The molecule has 1 aliphatic heterocycles. The van der Waals surface area contributed by atoms with Crippen LogP contribution in [-0.4, -0.2) is 21.7 Å². The number of hydrogen-bond acceptors (Lipinski definition) is 6. The average molecular weight is 309 g/mol. The summed E-state index contributed by atoms with van der Waals surface area (Å²) in [5, 5.41) is 4.05. The largest absolute Gasteiger partial charge is 0.438 e. The van der Waals surface area contributed by atoms with Gasteiger partial charge < -0.3 is 14.0 Å². The van der Waals surface area contributed by atoms with E-state index in [1.807, 2.05) is 42.5 Å². The van der Waals surface area contributed by atoms with E-state index in [0.29, 0.717) is 28.9 Å². The van der Waals surface area contributed by atoms with Gasteiger partial charge in [0.1, 0.15) is 11.9 Å². The maximum atomic E-state index is 5.83. The van der Waals surface area contributed by atoms with E-state index in [-0.39, 0.29) is 6.10 Å². The third-order valence-electron chi connectivity index (χ3n) is 3.62. The van der Waals surface area contributed by atoms with Gasteiger partial charge in [0.05, 0.1) is 5.56 Å². The zero-order chi connectivity index (χ0) is 15.5. The van der Waals surface area contributed by atoms with Crippen LogP contribution in [0.15, 0.2) is 53.2 Å². The van der Waals surface area contributed by atoms with Gasteiger partial charge in [-0.3, -0.25) is 0 Å². The van der Waals surface area contributed by atoms with Crippen LogP contribution in [0.3, 0.4) is 0 Å². The standard InChI is InChI=1S/C17H15N3O3/c1-2-6-12(7-3-1)22-16-13(8-4-10-18-16)15-19-17(23-20-15)14-9-5-11-21-14/h1-4,6-8,10,14H,5,9,11H2/t14-/m1/s1. The van der Waals surface area contributed by atoms with Gasteiger partial charge in [-0.05, 0) is 37.1 Å². The number of nitrogens with zero attached hydrogens (tertiary/aromatic N) is 3. The Hall–Kier alpha value is -2.73. The minimum atomic E-state index is -0.105. The van der Waals surface area contributed by atoms with Crippen LogP contribution in [0.2, 0.25) is 0 Å². The number of rotatable bonds is 4. The highest BCUT2D eigenvalue weighted by Crippen LogP contribution is 2.32. The molecule has 3 heterocycles. The molecule has 0 bridgehead atoms. The summed E-state index contributed by atoms with van der Waals surface area (Å²) in [5.41, 5.74) is 0.685. The van der Waals surface area contributed by atoms with E-state index in [0.717, 1.165) is 19.4 Å². The third kappa shape index (κ3) is 2.93. The Morgan fingerprint density at radius 2 is 2.00 bits per heavy atom. The molecule has 1 fully saturated rings. The highest BCUT2D eigenvalue weighted by atomic mass is 16.5. The van der Waals surface area contributed by atoms with Crippen molar-refractivity contribution in [2.24, 2.45) is 0 Å². The minimum Gasteiger partial charge on any atom is -0.438 e. The van der Waals surface area contributed by atoms with Gasteiger partial charge in [-0.1, -0.05) is 23.4 Å². The summed E-state index contributed by atoms with van der Waals surface area (Å²) >= 11 is 0. The quantitative estimate of drug-likeness (QED) is 0.730. The molecule has 1 aromatic carbocycles. The van der Waals surface area contributed by atoms with E-state index in [4.69, 9.17) is 14.0 Å². The average Bonchev–Trinajstić information content (AvgIpc) is 3.28. The fourth-order valence-electron chi connectivity index (χ4n) is 2.49. The number of hydrogen-bond donors (Lipinski definition) is 0. The van der Waals surface area contributed by atoms with Gasteiger partial charge in [0.15, 0.2) is 0 Å². The fourth-order valence-corrected chi connectivity index (χ4v) is 2.49. The maximum Gasteiger partial charge on any atom is 0.256 e. The minimum absolute atomic E-state index is 0.105. The molecule has 1 saturated heterocycles. The van der Waals surface area contributed by atoms with Gasteiger partial charge in [-0.15, -0.1) is 0 Å². The first kappa shape index (κ1) is 13.9. The van der Waals surface area contributed by atoms with Crippen LogP contribution in [0.1, 0.15) is 24.8 Å². The van der Waals surface area contributed by atoms with Gasteiger partial charge in [-0.25, -0.2) is 4.98 Å². The van der Waals surface area contributed by atoms with Crippen LogP contribution in [0.4, 0.5) is 0 Å². The molecule has 0 radical (unpaired) electrons. The summed E-state index contributed by atoms with van der Waals surface area (Å²) in [6, 6.07) is 13.1. The van der Waals surface area contributed by atoms with Crippen molar-refractivity contribution in [1.29, 1.82) is 0 Å². The van der Waals surface area contributed by atoms with Crippen LogP contribution in [0.5, 0.6) is 11.6 Å². The summed E-state index contributed by atoms with van der Waals surface area (Å²) in [7, 11) is 0. The van der Waals surface area contributed by atoms with Gasteiger partial charge in [0, 0.05) is 12.8 Å². The highest BCUT2D eigenvalue weighted by molar-refractivity contribution is 5.61. The molecular formula is C17H15N3O3. The lowest BCUT2D eigenvalue weighted by Gasteiger charge is -2.07. The van der Waals surface area contributed by atoms with Gasteiger partial charge >= 0.3 is 0 Å². The molecule has 0 saturated carbocycles. The zero-order valence-electron chi connectivity index (χ0n) is 12.4. The second kappa shape index (κ2) is 6.18. The van der Waals surface area contributed by atoms with Crippen LogP contribution in [0, 0.1) is 0 Å². The molecule has 3 aromatic rings. The molecule has 4 rings (SSSR count). The van der Waals surface area contributed by atoms with Crippen LogP contribution in [-0.2, 0) is 4.74 Å². The summed E-state index contributed by atoms with van der Waals surface area (Å²) in [4.78, 5) is 8.72. The molecule has 6 nitrogen and oxygen atoms in total. The van der Waals surface area contributed by atoms with Crippen molar-refractivity contribution < 1.29 is 14.0 Å². The van der Waals surface area contributed by atoms with Crippen molar-refractivity contribution in [3.05, 3.63) is 54.6 Å². The number of benzene rings is 1. The van der Waals surface area contributed by atoms with E-state index in [1.54, 1.807) is 6.20 Å². The predicted molar refractivity (Wildman–Crippen MR) is 82.0 cm³/mol. The summed E-state index contributed by atoms with van der Waals surface area (Å²) in [6.45, 7) is 0.734. The lowest BCUT2D eigenvalue weighted by atomic mass is 10.2. The number of pyridine rings is 1. The van der Waals surface area contributed by atoms with Crippen LogP contribution in [0.25, 0.3) is 11.4 Å². The van der Waals surface area contributed by atoms with Gasteiger partial charge in [0.25, 0.3) is 5.89 Å². The summed E-state index contributed by atoms with van der Waals surface area (Å²) in [5.74, 6) is 2.11. The van der Waals surface area contributed by atoms with Crippen molar-refractivity contribution >= 4 is 0 Å². The SMILES string of the molecule is c1ccc(Oc2ncccc2-c2noc([C@H]3CCCO3)n2)cc1. The molecule has 0 amide bonds. The second-order valence-electron chi connectivity index (χ2n) is 5.23. The molecule has 23 heavy (non-hydrogen) atoms. The maximum absolute atomic E-state index is 5.83. The van der Waals surface area contributed by atoms with E-state index >= 15 is 0 Å². The van der Waals surface area contributed by atoms with Gasteiger partial charge in [0.2, 0.25) is 11.7 Å². The van der Waals surface area contributed by atoms with Crippen molar-refractivity contribution in [2.75, 3.05) is 6.61 Å². The molecule has 0 N–H and O–H groups in total. The molecule has 116 valence electrons. The highest BCUT2D eigenvalue weighted by Gasteiger charge is 2.25. The number of aromatic nitrogens is 3. The molecule has 0 spiro atoms. The molecule has 2 aromatic heterocycles. The Kier molecular flexibility index (Phi) is 3.73. The van der Waals surface area contributed by atoms with Crippen LogP contribution >= 0.6 is 0 Å². The normalized spacial score (nSPS) is 17.3. The summed E-state index contributed by atoms with van der Waals surface area (Å²) in [6.07, 6.45) is 3.48. The third-order valence-corrected chi connectivity index (χ3v) is 3.62. The van der Waals surface area contributed by atoms with Crippen molar-refractivity contribution in [3.63, 3.8) is 0 Å². The Morgan fingerprint density at radius 3 is 2.83 bits per heavy atom. The van der Waals surface area contributed by atoms with Crippen molar-refractivity contribution in [2.45, 2.75) is 18.9 Å². The van der Waals surface area contributed by atoms with E-state index in [2.05, 4.69) is 15.1 Å². The monoisotopic (exact) mass is 309 g/mol. The fraction of sp³-hybridized carbons (Fsp3) is 0.235. The Balaban J connectivity index is 1.64. The zero-order valence-corrected chi connectivity index (χ0v) is 12.4. The first-order chi connectivity index (χ1) is 11.4. The first-order valence-electron chi connectivity index (χ1n) is 7.53. The van der Waals surface area contributed by atoms with E-state index in [1.165, 1.54) is 0 Å². The second-order valence-corrected chi connectivity index (χ2v) is 5.23. The molecule has 6 heteroatoms. The van der Waals surface area contributed by atoms with Crippen LogP contribution < -0.4 is 4.74 Å². The Morgan fingerprint density at radius 1 is 1.09 bits per heavy atom. The Bertz CT molecular complexity index is 783. The molecular weight excluding hydrogens is 294 g/mol. The summed E-state index contributed by atoms with van der Waals surface area (Å²) < 4.78 is 16.7. The van der Waals surface area contributed by atoms with Crippen molar-refractivity contribution in [1.82, 2.24) is 15.1 Å². The van der Waals surface area contributed by atoms with E-state index in [9.17, 15) is 0 Å². The first-order valence-corrected chi connectivity index (χ1v) is 7.53. The lowest BCUT2D eigenvalue weighted by Crippen LogP contribution is -1.96. The molecule has 0 aliphatic carbocycles. The molecule has 0 unspecified atom stereocenters. The number of para-hydroxylation sites is 1. The van der Waals surface area contributed by atoms with Crippen molar-refractivity contribution in [3.8, 4) is 23.0 Å². The topological polar surface area (TPSA) is 70.3 Å². The molecule has 1 atom stereocenters. The predicted octanol–water partition coefficient (Wildman–Crippen LogP) is 3.78. The Labute approximate surface area is 133 Å². The number of ether oxygens (including phenoxy) is 2. The molecule has 1 aliphatic rings. The lowest BCUT2D eigenvalue weighted by molar-refractivity contribution is 0.0835. The van der Waals surface area contributed by atoms with E-state index < -0.39 is 0 Å².